The lowest BCUT2D eigenvalue weighted by Gasteiger charge is -2.30. The molecule has 27 heavy (non-hydrogen) atoms. The SMILES string of the molecule is CCOC(=O)c1[nH]ncc1[C@@H]1CC(=O)Nc2c1ccc(N1CCCC1)c2C. The van der Waals surface area contributed by atoms with Gasteiger partial charge in [-0.2, -0.15) is 5.10 Å². The lowest BCUT2D eigenvalue weighted by atomic mass is 9.83. The molecule has 1 aromatic carbocycles. The molecule has 1 atom stereocenters. The van der Waals surface area contributed by atoms with Crippen molar-refractivity contribution >= 4 is 23.3 Å². The molecule has 2 N–H and O–H groups in total. The van der Waals surface area contributed by atoms with Crippen LogP contribution in [-0.2, 0) is 9.53 Å². The van der Waals surface area contributed by atoms with Crippen molar-refractivity contribution < 1.29 is 14.3 Å². The summed E-state index contributed by atoms with van der Waals surface area (Å²) in [6.07, 6.45) is 4.30. The van der Waals surface area contributed by atoms with Crippen molar-refractivity contribution in [2.45, 2.75) is 39.0 Å². The molecule has 1 aromatic heterocycles. The maximum atomic E-state index is 12.5. The van der Waals surface area contributed by atoms with Crippen molar-refractivity contribution in [3.8, 4) is 0 Å². The van der Waals surface area contributed by atoms with E-state index in [9.17, 15) is 9.59 Å². The molecule has 0 bridgehead atoms. The number of benzene rings is 1. The third kappa shape index (κ3) is 3.07. The molecule has 2 aliphatic heterocycles. The Labute approximate surface area is 158 Å². The van der Waals surface area contributed by atoms with E-state index in [0.717, 1.165) is 29.9 Å². The normalized spacial score (nSPS) is 19.0. The lowest BCUT2D eigenvalue weighted by Crippen LogP contribution is -2.27. The van der Waals surface area contributed by atoms with Gasteiger partial charge in [0, 0.05) is 42.4 Å². The minimum Gasteiger partial charge on any atom is -0.461 e. The number of nitrogens with one attached hydrogen (secondary N) is 2. The summed E-state index contributed by atoms with van der Waals surface area (Å²) in [5.74, 6) is -0.716. The highest BCUT2D eigenvalue weighted by molar-refractivity contribution is 5.98. The van der Waals surface area contributed by atoms with Gasteiger partial charge in [0.1, 0.15) is 5.69 Å². The van der Waals surface area contributed by atoms with Gasteiger partial charge in [0.25, 0.3) is 0 Å². The second kappa shape index (κ2) is 7.06. The third-order valence-corrected chi connectivity index (χ3v) is 5.47. The Morgan fingerprint density at radius 2 is 2.07 bits per heavy atom. The van der Waals surface area contributed by atoms with Crippen molar-refractivity contribution in [1.29, 1.82) is 0 Å². The minimum absolute atomic E-state index is 0.0508. The number of hydrogen-bond acceptors (Lipinski definition) is 5. The Balaban J connectivity index is 1.76. The summed E-state index contributed by atoms with van der Waals surface area (Å²) in [6.45, 7) is 6.20. The molecule has 7 heteroatoms. The van der Waals surface area contributed by atoms with Gasteiger partial charge in [0.15, 0.2) is 0 Å². The second-order valence-corrected chi connectivity index (χ2v) is 7.09. The molecule has 142 valence electrons. The van der Waals surface area contributed by atoms with Gasteiger partial charge in [0.2, 0.25) is 5.91 Å². The van der Waals surface area contributed by atoms with E-state index >= 15 is 0 Å². The number of nitrogens with zero attached hydrogens (tertiary/aromatic N) is 2. The van der Waals surface area contributed by atoms with Crippen LogP contribution in [0, 0.1) is 6.92 Å². The van der Waals surface area contributed by atoms with Gasteiger partial charge in [-0.1, -0.05) is 6.07 Å². The molecule has 1 amide bonds. The van der Waals surface area contributed by atoms with Crippen LogP contribution in [0.1, 0.15) is 59.3 Å². The predicted molar refractivity (Wildman–Crippen MR) is 102 cm³/mol. The quantitative estimate of drug-likeness (QED) is 0.810. The highest BCUT2D eigenvalue weighted by Gasteiger charge is 2.33. The van der Waals surface area contributed by atoms with Gasteiger partial charge in [0.05, 0.1) is 12.8 Å². The summed E-state index contributed by atoms with van der Waals surface area (Å²) in [7, 11) is 0. The zero-order chi connectivity index (χ0) is 19.0. The van der Waals surface area contributed by atoms with E-state index in [2.05, 4.69) is 39.5 Å². The standard InChI is InChI=1S/C20H24N4O3/c1-3-27-20(26)19-15(11-21-23-19)14-10-17(25)22-18-12(2)16(7-6-13(14)18)24-8-4-5-9-24/h6-7,11,14H,3-5,8-10H2,1-2H3,(H,21,23)(H,22,25)/t14-/m1/s1. The molecule has 0 aliphatic carbocycles. The average molecular weight is 368 g/mol. The first-order valence-corrected chi connectivity index (χ1v) is 9.48. The van der Waals surface area contributed by atoms with Crippen molar-refractivity contribution in [3.63, 3.8) is 0 Å². The van der Waals surface area contributed by atoms with Crippen molar-refractivity contribution in [2.75, 3.05) is 29.9 Å². The number of H-pyrrole nitrogens is 1. The first-order chi connectivity index (χ1) is 13.1. The highest BCUT2D eigenvalue weighted by Crippen LogP contribution is 2.42. The van der Waals surface area contributed by atoms with E-state index in [-0.39, 0.29) is 24.9 Å². The van der Waals surface area contributed by atoms with Crippen molar-refractivity contribution in [3.05, 3.63) is 40.7 Å². The van der Waals surface area contributed by atoms with Gasteiger partial charge >= 0.3 is 5.97 Å². The molecule has 3 heterocycles. The monoisotopic (exact) mass is 368 g/mol. The Morgan fingerprint density at radius 3 is 2.81 bits per heavy atom. The average Bonchev–Trinajstić information content (AvgIpc) is 3.34. The maximum absolute atomic E-state index is 12.5. The largest absolute Gasteiger partial charge is 0.461 e. The Bertz CT molecular complexity index is 883. The molecule has 2 aliphatic rings. The Hall–Kier alpha value is -2.83. The van der Waals surface area contributed by atoms with Crippen LogP contribution in [0.5, 0.6) is 0 Å². The summed E-state index contributed by atoms with van der Waals surface area (Å²) in [5, 5.41) is 9.82. The molecule has 0 radical (unpaired) electrons. The summed E-state index contributed by atoms with van der Waals surface area (Å²) >= 11 is 0. The second-order valence-electron chi connectivity index (χ2n) is 7.09. The summed E-state index contributed by atoms with van der Waals surface area (Å²) in [6, 6.07) is 4.20. The lowest BCUT2D eigenvalue weighted by molar-refractivity contribution is -0.116. The fraction of sp³-hybridized carbons (Fsp3) is 0.450. The van der Waals surface area contributed by atoms with E-state index in [0.29, 0.717) is 11.3 Å². The molecule has 0 saturated carbocycles. The number of carbonyl (C=O) groups is 2. The Morgan fingerprint density at radius 1 is 1.30 bits per heavy atom. The van der Waals surface area contributed by atoms with Gasteiger partial charge < -0.3 is 15.0 Å². The number of anilines is 2. The molecule has 0 unspecified atom stereocenters. The molecule has 0 spiro atoms. The van der Waals surface area contributed by atoms with E-state index in [1.165, 1.54) is 18.5 Å². The first-order valence-electron chi connectivity index (χ1n) is 9.48. The van der Waals surface area contributed by atoms with Crippen molar-refractivity contribution in [2.24, 2.45) is 0 Å². The van der Waals surface area contributed by atoms with Crippen LogP contribution >= 0.6 is 0 Å². The van der Waals surface area contributed by atoms with Crippen LogP contribution in [0.2, 0.25) is 0 Å². The fourth-order valence-corrected chi connectivity index (χ4v) is 4.17. The number of carbonyl (C=O) groups excluding carboxylic acids is 2. The van der Waals surface area contributed by atoms with Crippen LogP contribution in [0.25, 0.3) is 0 Å². The minimum atomic E-state index is -0.442. The molecule has 1 saturated heterocycles. The van der Waals surface area contributed by atoms with Gasteiger partial charge in [-0.3, -0.25) is 9.89 Å². The van der Waals surface area contributed by atoms with Crippen molar-refractivity contribution in [1.82, 2.24) is 10.2 Å². The number of hydrogen-bond donors (Lipinski definition) is 2. The number of amides is 1. The first kappa shape index (κ1) is 17.6. The molecule has 7 nitrogen and oxygen atoms in total. The molecule has 2 aromatic rings. The summed E-state index contributed by atoms with van der Waals surface area (Å²) < 4.78 is 5.13. The number of esters is 1. The number of rotatable bonds is 4. The van der Waals surface area contributed by atoms with Crippen LogP contribution in [0.15, 0.2) is 18.3 Å². The molecule has 1 fully saturated rings. The number of ether oxygens (including phenoxy) is 1. The van der Waals surface area contributed by atoms with Crippen LogP contribution in [-0.4, -0.2) is 41.8 Å². The van der Waals surface area contributed by atoms with E-state index in [1.807, 2.05) is 0 Å². The zero-order valence-electron chi connectivity index (χ0n) is 15.7. The third-order valence-electron chi connectivity index (χ3n) is 5.47. The van der Waals surface area contributed by atoms with Gasteiger partial charge in [-0.05, 0) is 43.9 Å². The van der Waals surface area contributed by atoms with Crippen LogP contribution < -0.4 is 10.2 Å². The summed E-state index contributed by atoms with van der Waals surface area (Å²) in [4.78, 5) is 27.1. The van der Waals surface area contributed by atoms with E-state index < -0.39 is 5.97 Å². The van der Waals surface area contributed by atoms with Gasteiger partial charge in [-0.15, -0.1) is 0 Å². The van der Waals surface area contributed by atoms with E-state index in [1.54, 1.807) is 13.1 Å². The number of aromatic amines is 1. The molecular weight excluding hydrogens is 344 g/mol. The highest BCUT2D eigenvalue weighted by atomic mass is 16.5. The van der Waals surface area contributed by atoms with E-state index in [4.69, 9.17) is 4.74 Å². The van der Waals surface area contributed by atoms with Gasteiger partial charge in [-0.25, -0.2) is 4.79 Å². The topological polar surface area (TPSA) is 87.3 Å². The number of fused-ring (bicyclic) bond motifs is 1. The molecule has 4 rings (SSSR count). The number of aromatic nitrogens is 2. The van der Waals surface area contributed by atoms with Crippen LogP contribution in [0.4, 0.5) is 11.4 Å². The van der Waals surface area contributed by atoms with Crippen LogP contribution in [0.3, 0.4) is 0 Å². The molecular formula is C20H24N4O3. The maximum Gasteiger partial charge on any atom is 0.356 e. The Kier molecular flexibility index (Phi) is 4.59. The fourth-order valence-electron chi connectivity index (χ4n) is 4.17. The predicted octanol–water partition coefficient (Wildman–Crippen LogP) is 2.97. The smallest absolute Gasteiger partial charge is 0.356 e. The zero-order valence-corrected chi connectivity index (χ0v) is 15.7. The summed E-state index contributed by atoms with van der Waals surface area (Å²) in [5.41, 5.74) is 5.15.